The first-order valence-corrected chi connectivity index (χ1v) is 6.42. The van der Waals surface area contributed by atoms with Crippen molar-refractivity contribution < 1.29 is 27.6 Å². The summed E-state index contributed by atoms with van der Waals surface area (Å²) in [6.45, 7) is 5.12. The lowest BCUT2D eigenvalue weighted by Gasteiger charge is -2.20. The van der Waals surface area contributed by atoms with Crippen molar-refractivity contribution in [2.24, 2.45) is 0 Å². The predicted octanol–water partition coefficient (Wildman–Crippen LogP) is 2.43. The summed E-state index contributed by atoms with van der Waals surface area (Å²) in [5.74, 6) is -0.892. The molecule has 0 spiro atoms. The maximum atomic E-state index is 12.8. The van der Waals surface area contributed by atoms with E-state index in [1.54, 1.807) is 20.8 Å². The van der Waals surface area contributed by atoms with Crippen LogP contribution in [0.4, 0.5) is 18.9 Å². The van der Waals surface area contributed by atoms with Crippen LogP contribution in [0.2, 0.25) is 0 Å². The van der Waals surface area contributed by atoms with Gasteiger partial charge in [0.25, 0.3) is 0 Å². The third-order valence-electron chi connectivity index (χ3n) is 2.68. The molecule has 0 bridgehead atoms. The molecule has 0 aliphatic heterocycles. The van der Waals surface area contributed by atoms with Crippen LogP contribution in [0.3, 0.4) is 0 Å². The molecule has 1 heterocycles. The van der Waals surface area contributed by atoms with E-state index >= 15 is 0 Å². The van der Waals surface area contributed by atoms with Crippen molar-refractivity contribution in [2.45, 2.75) is 46.0 Å². The summed E-state index contributed by atoms with van der Waals surface area (Å²) in [7, 11) is 0. The van der Waals surface area contributed by atoms with Gasteiger partial charge in [0.05, 0.1) is 4.92 Å². The van der Waals surface area contributed by atoms with Crippen LogP contribution in [-0.2, 0) is 22.3 Å². The lowest BCUT2D eigenvalue weighted by atomic mass is 10.1. The van der Waals surface area contributed by atoms with E-state index in [1.165, 1.54) is 0 Å². The number of hydrogen-bond acceptors (Lipinski definition) is 5. The van der Waals surface area contributed by atoms with Crippen molar-refractivity contribution in [2.75, 3.05) is 0 Å². The Morgan fingerprint density at radius 2 is 1.87 bits per heavy atom. The Hall–Kier alpha value is -2.39. The summed E-state index contributed by atoms with van der Waals surface area (Å²) in [4.78, 5) is 33.2. The van der Waals surface area contributed by atoms with Crippen molar-refractivity contribution in [1.29, 1.82) is 0 Å². The van der Waals surface area contributed by atoms with Crippen molar-refractivity contribution in [3.8, 4) is 0 Å². The molecule has 0 fully saturated rings. The molecular weight excluding hydrogens is 321 g/mol. The summed E-state index contributed by atoms with van der Waals surface area (Å²) in [6, 6.07) is 0.462. The molecule has 0 atom stereocenters. The van der Waals surface area contributed by atoms with Crippen LogP contribution in [0.5, 0.6) is 0 Å². The van der Waals surface area contributed by atoms with E-state index in [9.17, 15) is 32.9 Å². The molecule has 0 radical (unpaired) electrons. The number of carbonyl (C=O) groups excluding carboxylic acids is 1. The van der Waals surface area contributed by atoms with Crippen LogP contribution < -0.4 is 5.56 Å². The van der Waals surface area contributed by atoms with Crippen LogP contribution in [0.25, 0.3) is 0 Å². The Morgan fingerprint density at radius 1 is 1.35 bits per heavy atom. The third-order valence-corrected chi connectivity index (χ3v) is 2.68. The van der Waals surface area contributed by atoms with E-state index in [4.69, 9.17) is 4.74 Å². The number of aryl methyl sites for hydroxylation is 1. The summed E-state index contributed by atoms with van der Waals surface area (Å²) in [5.41, 5.74) is -5.88. The Morgan fingerprint density at radius 3 is 2.26 bits per heavy atom. The molecule has 128 valence electrons. The zero-order chi connectivity index (χ0) is 18.2. The number of ether oxygens (including phenoxy) is 1. The summed E-state index contributed by atoms with van der Waals surface area (Å²) in [6.07, 6.45) is -5.06. The molecule has 7 nitrogen and oxygen atoms in total. The van der Waals surface area contributed by atoms with Crippen LogP contribution in [0.1, 0.15) is 32.0 Å². The van der Waals surface area contributed by atoms with Crippen LogP contribution in [-0.4, -0.2) is 21.1 Å². The fourth-order valence-electron chi connectivity index (χ4n) is 1.85. The highest BCUT2D eigenvalue weighted by Crippen LogP contribution is 2.34. The average Bonchev–Trinajstić information content (AvgIpc) is 2.29. The average molecular weight is 336 g/mol. The monoisotopic (exact) mass is 336 g/mol. The Balaban J connectivity index is 3.42. The van der Waals surface area contributed by atoms with Gasteiger partial charge in [-0.05, 0) is 33.8 Å². The fourth-order valence-corrected chi connectivity index (χ4v) is 1.85. The molecule has 1 aromatic rings. The molecule has 1 aromatic heterocycles. The SMILES string of the molecule is Cc1cc(C(F)(F)F)c([N+](=O)[O-])c(=O)n1CC(=O)OC(C)(C)C. The van der Waals surface area contributed by atoms with Crippen molar-refractivity contribution in [3.05, 3.63) is 37.8 Å². The summed E-state index contributed by atoms with van der Waals surface area (Å²) >= 11 is 0. The molecule has 0 aliphatic rings. The van der Waals surface area contributed by atoms with Crippen molar-refractivity contribution >= 4 is 11.7 Å². The first kappa shape index (κ1) is 18.7. The van der Waals surface area contributed by atoms with Gasteiger partial charge < -0.3 is 4.74 Å². The van der Waals surface area contributed by atoms with Gasteiger partial charge in [0.15, 0.2) is 0 Å². The first-order chi connectivity index (χ1) is 10.2. The Labute approximate surface area is 128 Å². The quantitative estimate of drug-likeness (QED) is 0.480. The van der Waals surface area contributed by atoms with Crippen molar-refractivity contribution in [3.63, 3.8) is 0 Å². The van der Waals surface area contributed by atoms with E-state index in [2.05, 4.69) is 0 Å². The number of esters is 1. The van der Waals surface area contributed by atoms with Gasteiger partial charge in [-0.2, -0.15) is 13.2 Å². The second kappa shape index (κ2) is 6.01. The number of carbonyl (C=O) groups is 1. The minimum atomic E-state index is -5.06. The van der Waals surface area contributed by atoms with E-state index in [1.807, 2.05) is 0 Å². The molecule has 0 unspecified atom stereocenters. The molecule has 0 amide bonds. The fraction of sp³-hybridized carbons (Fsp3) is 0.538. The zero-order valence-electron chi connectivity index (χ0n) is 12.9. The van der Waals surface area contributed by atoms with Gasteiger partial charge in [0.1, 0.15) is 17.7 Å². The van der Waals surface area contributed by atoms with Gasteiger partial charge in [-0.3, -0.25) is 24.3 Å². The van der Waals surface area contributed by atoms with Gasteiger partial charge in [-0.25, -0.2) is 0 Å². The number of alkyl halides is 3. The molecule has 0 saturated heterocycles. The molecular formula is C13H15F3N2O5. The number of hydrogen-bond donors (Lipinski definition) is 0. The van der Waals surface area contributed by atoms with Crippen molar-refractivity contribution in [1.82, 2.24) is 4.57 Å². The van der Waals surface area contributed by atoms with Crippen LogP contribution in [0.15, 0.2) is 10.9 Å². The number of nitrogens with zero attached hydrogens (tertiary/aromatic N) is 2. The second-order valence-electron chi connectivity index (χ2n) is 5.78. The number of nitro groups is 1. The highest BCUT2D eigenvalue weighted by atomic mass is 19.4. The minimum Gasteiger partial charge on any atom is -0.459 e. The second-order valence-corrected chi connectivity index (χ2v) is 5.78. The van der Waals surface area contributed by atoms with Gasteiger partial charge in [-0.15, -0.1) is 0 Å². The van der Waals surface area contributed by atoms with E-state index in [-0.39, 0.29) is 5.69 Å². The number of pyridine rings is 1. The largest absolute Gasteiger partial charge is 0.459 e. The lowest BCUT2D eigenvalue weighted by Crippen LogP contribution is -2.33. The predicted molar refractivity (Wildman–Crippen MR) is 72.9 cm³/mol. The van der Waals surface area contributed by atoms with Gasteiger partial charge in [-0.1, -0.05) is 0 Å². The Bertz CT molecular complexity index is 701. The third kappa shape index (κ3) is 4.54. The molecule has 0 aromatic carbocycles. The zero-order valence-corrected chi connectivity index (χ0v) is 12.9. The van der Waals surface area contributed by atoms with E-state index in [0.717, 1.165) is 6.92 Å². The number of aromatic nitrogens is 1. The standard InChI is InChI=1S/C13H15F3N2O5/c1-7-5-8(13(14,15)16)10(18(21)22)11(20)17(7)6-9(19)23-12(2,3)4/h5H,6H2,1-4H3. The molecule has 0 saturated carbocycles. The summed E-state index contributed by atoms with van der Waals surface area (Å²) < 4.78 is 44.1. The smallest absolute Gasteiger partial charge is 0.423 e. The van der Waals surface area contributed by atoms with Gasteiger partial charge in [0, 0.05) is 5.69 Å². The maximum Gasteiger partial charge on any atom is 0.423 e. The van der Waals surface area contributed by atoms with E-state index in [0.29, 0.717) is 10.6 Å². The highest BCUT2D eigenvalue weighted by molar-refractivity contribution is 5.70. The maximum absolute atomic E-state index is 12.8. The van der Waals surface area contributed by atoms with Gasteiger partial charge in [0.2, 0.25) is 0 Å². The van der Waals surface area contributed by atoms with Crippen LogP contribution >= 0.6 is 0 Å². The number of rotatable bonds is 3. The number of halogens is 3. The van der Waals surface area contributed by atoms with Gasteiger partial charge >= 0.3 is 23.4 Å². The minimum absolute atomic E-state index is 0.237. The summed E-state index contributed by atoms with van der Waals surface area (Å²) in [5, 5.41) is 10.8. The normalized spacial score (nSPS) is 12.1. The molecule has 1 rings (SSSR count). The molecule has 0 N–H and O–H groups in total. The highest BCUT2D eigenvalue weighted by Gasteiger charge is 2.41. The Kier molecular flexibility index (Phi) is 4.88. The van der Waals surface area contributed by atoms with E-state index < -0.39 is 46.0 Å². The lowest BCUT2D eigenvalue weighted by molar-refractivity contribution is -0.389. The molecule has 23 heavy (non-hydrogen) atoms. The molecule has 0 aliphatic carbocycles. The first-order valence-electron chi connectivity index (χ1n) is 6.42. The van der Waals surface area contributed by atoms with Crippen LogP contribution in [0, 0.1) is 17.0 Å². The molecule has 10 heteroatoms. The topological polar surface area (TPSA) is 91.4 Å².